The molecule has 2 fully saturated rings. The van der Waals surface area contributed by atoms with Gasteiger partial charge >= 0.3 is 0 Å². The highest BCUT2D eigenvalue weighted by molar-refractivity contribution is 7.89. The van der Waals surface area contributed by atoms with Crippen molar-refractivity contribution in [3.05, 3.63) is 83.9 Å². The van der Waals surface area contributed by atoms with Crippen LogP contribution in [0.2, 0.25) is 0 Å². The van der Waals surface area contributed by atoms with Crippen molar-refractivity contribution in [3.63, 3.8) is 0 Å². The average Bonchev–Trinajstić information content (AvgIpc) is 3.63. The molecular formula is C29H34N6O4S. The molecule has 2 amide bonds. The topological polar surface area (TPSA) is 115 Å². The van der Waals surface area contributed by atoms with E-state index in [-0.39, 0.29) is 22.9 Å². The summed E-state index contributed by atoms with van der Waals surface area (Å²) in [4.78, 5) is 34.7. The molecule has 4 heterocycles. The zero-order valence-electron chi connectivity index (χ0n) is 22.6. The fourth-order valence-electron chi connectivity index (χ4n) is 5.31. The largest absolute Gasteiger partial charge is 0.367 e. The number of sulfonamides is 1. The molecule has 0 saturated carbocycles. The van der Waals surface area contributed by atoms with Crippen LogP contribution in [0.5, 0.6) is 0 Å². The lowest BCUT2D eigenvalue weighted by atomic mass is 10.2. The summed E-state index contributed by atoms with van der Waals surface area (Å²) in [5.74, 6) is -0.337. The van der Waals surface area contributed by atoms with E-state index in [1.807, 2.05) is 19.1 Å². The van der Waals surface area contributed by atoms with Crippen molar-refractivity contribution in [1.82, 2.24) is 24.8 Å². The molecule has 210 valence electrons. The number of carbonyl (C=O) groups is 2. The van der Waals surface area contributed by atoms with Crippen LogP contribution in [-0.4, -0.2) is 73.7 Å². The molecule has 2 N–H and O–H groups in total. The maximum Gasteiger partial charge on any atom is 0.274 e. The van der Waals surface area contributed by atoms with Gasteiger partial charge in [0.05, 0.1) is 28.4 Å². The Kier molecular flexibility index (Phi) is 8.15. The molecule has 40 heavy (non-hydrogen) atoms. The Morgan fingerprint density at radius 2 is 1.85 bits per heavy atom. The van der Waals surface area contributed by atoms with E-state index in [4.69, 9.17) is 0 Å². The molecule has 0 radical (unpaired) electrons. The highest BCUT2D eigenvalue weighted by Gasteiger charge is 2.33. The van der Waals surface area contributed by atoms with Crippen LogP contribution in [0.15, 0.2) is 77.5 Å². The number of benzene rings is 1. The van der Waals surface area contributed by atoms with Crippen LogP contribution in [-0.2, 0) is 21.2 Å². The fraction of sp³-hybridized carbons (Fsp3) is 0.345. The van der Waals surface area contributed by atoms with E-state index in [0.717, 1.165) is 44.7 Å². The molecule has 0 atom stereocenters. The number of nitrogens with zero attached hydrogens (tertiary/aromatic N) is 4. The van der Waals surface area contributed by atoms with Crippen molar-refractivity contribution in [3.8, 4) is 0 Å². The monoisotopic (exact) mass is 562 g/mol. The maximum atomic E-state index is 13.3. The summed E-state index contributed by atoms with van der Waals surface area (Å²) in [5.41, 5.74) is 2.86. The second-order valence-electron chi connectivity index (χ2n) is 9.87. The SMILES string of the molecule is C=C/C=C(\C(=C/C)NC(=O)c1cccc(N2C(=O)Cc3cc(S(=O)(=O)N4CCCC4)ccc32)n1)N1CCNCC1. The van der Waals surface area contributed by atoms with Gasteiger partial charge < -0.3 is 15.5 Å². The normalized spacial score (nSPS) is 18.7. The Bertz CT molecular complexity index is 1490. The zero-order valence-corrected chi connectivity index (χ0v) is 23.4. The van der Waals surface area contributed by atoms with E-state index in [0.29, 0.717) is 35.9 Å². The lowest BCUT2D eigenvalue weighted by Gasteiger charge is -2.32. The predicted molar refractivity (Wildman–Crippen MR) is 153 cm³/mol. The number of hydrogen-bond donors (Lipinski definition) is 2. The van der Waals surface area contributed by atoms with Crippen molar-refractivity contribution in [1.29, 1.82) is 0 Å². The van der Waals surface area contributed by atoms with Gasteiger partial charge in [-0.25, -0.2) is 13.4 Å². The number of allylic oxidation sites excluding steroid dienone is 3. The minimum Gasteiger partial charge on any atom is -0.367 e. The average molecular weight is 563 g/mol. The molecule has 11 heteroatoms. The standard InChI is InChI=1S/C29H34N6O4S/c1-3-8-26(33-17-13-30-14-18-33)23(4-2)32-29(37)24-9-7-10-27(31-24)35-25-12-11-22(19-21(25)20-28(35)36)40(38,39)34-15-5-6-16-34/h3-4,7-12,19,30H,1,5-6,13-18,20H2,2H3,(H,32,37)/b23-4+,26-8+. The summed E-state index contributed by atoms with van der Waals surface area (Å²) < 4.78 is 27.6. The Morgan fingerprint density at radius 3 is 2.55 bits per heavy atom. The van der Waals surface area contributed by atoms with Gasteiger partial charge in [-0.05, 0) is 61.7 Å². The summed E-state index contributed by atoms with van der Waals surface area (Å²) in [6.07, 6.45) is 7.17. The van der Waals surface area contributed by atoms with Crippen LogP contribution in [0.1, 0.15) is 35.8 Å². The number of rotatable bonds is 8. The number of nitrogens with one attached hydrogen (secondary N) is 2. The molecule has 0 unspecified atom stereocenters. The van der Waals surface area contributed by atoms with Gasteiger partial charge in [0.25, 0.3) is 5.91 Å². The van der Waals surface area contributed by atoms with Crippen LogP contribution >= 0.6 is 0 Å². The minimum absolute atomic E-state index is 0.0555. The number of amides is 2. The molecule has 3 aliphatic rings. The fourth-order valence-corrected chi connectivity index (χ4v) is 6.88. The number of anilines is 2. The summed E-state index contributed by atoms with van der Waals surface area (Å²) in [7, 11) is -3.60. The molecule has 1 aromatic carbocycles. The molecule has 0 spiro atoms. The van der Waals surface area contributed by atoms with Crippen molar-refractivity contribution < 1.29 is 18.0 Å². The summed E-state index contributed by atoms with van der Waals surface area (Å²) in [6.45, 7) is 10.0. The van der Waals surface area contributed by atoms with Gasteiger partial charge in [0.2, 0.25) is 15.9 Å². The molecule has 0 aliphatic carbocycles. The summed E-state index contributed by atoms with van der Waals surface area (Å²) in [6, 6.07) is 9.71. The third kappa shape index (κ3) is 5.45. The van der Waals surface area contributed by atoms with Crippen molar-refractivity contribution in [2.24, 2.45) is 0 Å². The quantitative estimate of drug-likeness (QED) is 0.476. The molecule has 1 aromatic heterocycles. The van der Waals surface area contributed by atoms with E-state index in [1.165, 1.54) is 15.3 Å². The Morgan fingerprint density at radius 1 is 1.10 bits per heavy atom. The highest BCUT2D eigenvalue weighted by Crippen LogP contribution is 2.36. The first-order chi connectivity index (χ1) is 19.3. The number of fused-ring (bicyclic) bond motifs is 1. The molecule has 2 saturated heterocycles. The Hall–Kier alpha value is -3.80. The van der Waals surface area contributed by atoms with Gasteiger partial charge in [-0.2, -0.15) is 4.31 Å². The first-order valence-corrected chi connectivity index (χ1v) is 15.0. The number of hydrogen-bond acceptors (Lipinski definition) is 7. The third-order valence-corrected chi connectivity index (χ3v) is 9.22. The van der Waals surface area contributed by atoms with Gasteiger partial charge in [-0.15, -0.1) is 0 Å². The molecule has 2 aromatic rings. The van der Waals surface area contributed by atoms with E-state index in [1.54, 1.807) is 36.4 Å². The molecule has 3 aliphatic heterocycles. The first kappa shape index (κ1) is 27.8. The van der Waals surface area contributed by atoms with Crippen LogP contribution in [0, 0.1) is 0 Å². The van der Waals surface area contributed by atoms with Crippen molar-refractivity contribution in [2.75, 3.05) is 44.2 Å². The Balaban J connectivity index is 1.38. The molecular weight excluding hydrogens is 528 g/mol. The summed E-state index contributed by atoms with van der Waals surface area (Å²) >= 11 is 0. The van der Waals surface area contributed by atoms with Gasteiger partial charge in [0, 0.05) is 39.3 Å². The lowest BCUT2D eigenvalue weighted by Crippen LogP contribution is -2.44. The number of aromatic nitrogens is 1. The van der Waals surface area contributed by atoms with Gasteiger partial charge in [0.1, 0.15) is 11.5 Å². The second kappa shape index (κ2) is 11.7. The van der Waals surface area contributed by atoms with Gasteiger partial charge in [-0.1, -0.05) is 24.8 Å². The minimum atomic E-state index is -3.60. The van der Waals surface area contributed by atoms with Crippen molar-refractivity contribution >= 4 is 33.3 Å². The summed E-state index contributed by atoms with van der Waals surface area (Å²) in [5, 5.41) is 6.30. The number of carbonyl (C=O) groups excluding carboxylic acids is 2. The van der Waals surface area contributed by atoms with E-state index < -0.39 is 15.9 Å². The Labute approximate surface area is 235 Å². The molecule has 5 rings (SSSR count). The van der Waals surface area contributed by atoms with Crippen LogP contribution in [0.25, 0.3) is 0 Å². The second-order valence-corrected chi connectivity index (χ2v) is 11.8. The predicted octanol–water partition coefficient (Wildman–Crippen LogP) is 2.70. The number of pyridine rings is 1. The maximum absolute atomic E-state index is 13.3. The lowest BCUT2D eigenvalue weighted by molar-refractivity contribution is -0.116. The molecule has 0 bridgehead atoms. The number of piperazine rings is 1. The smallest absolute Gasteiger partial charge is 0.274 e. The highest BCUT2D eigenvalue weighted by atomic mass is 32.2. The van der Waals surface area contributed by atoms with Gasteiger partial charge in [-0.3, -0.25) is 14.5 Å². The van der Waals surface area contributed by atoms with Crippen molar-refractivity contribution in [2.45, 2.75) is 31.1 Å². The van der Waals surface area contributed by atoms with E-state index in [2.05, 4.69) is 27.1 Å². The van der Waals surface area contributed by atoms with Crippen LogP contribution in [0.3, 0.4) is 0 Å². The molecule has 10 nitrogen and oxygen atoms in total. The van der Waals surface area contributed by atoms with E-state index >= 15 is 0 Å². The van der Waals surface area contributed by atoms with E-state index in [9.17, 15) is 18.0 Å². The zero-order chi connectivity index (χ0) is 28.3. The van der Waals surface area contributed by atoms with Crippen LogP contribution < -0.4 is 15.5 Å². The van der Waals surface area contributed by atoms with Gasteiger partial charge in [0.15, 0.2) is 0 Å². The van der Waals surface area contributed by atoms with Crippen LogP contribution in [0.4, 0.5) is 11.5 Å². The first-order valence-electron chi connectivity index (χ1n) is 13.5. The third-order valence-electron chi connectivity index (χ3n) is 7.33.